The largest absolute Gasteiger partial charge is 0.486 e. The van der Waals surface area contributed by atoms with E-state index in [1.807, 2.05) is 54.6 Å². The van der Waals surface area contributed by atoms with Gasteiger partial charge in [0.25, 0.3) is 0 Å². The molecule has 2 aromatic carbocycles. The van der Waals surface area contributed by atoms with Gasteiger partial charge in [-0.3, -0.25) is 0 Å². The van der Waals surface area contributed by atoms with Crippen molar-refractivity contribution in [2.24, 2.45) is 10.7 Å². The Hall–Kier alpha value is -2.69. The van der Waals surface area contributed by atoms with Crippen LogP contribution in [0.5, 0.6) is 11.5 Å². The summed E-state index contributed by atoms with van der Waals surface area (Å²) in [6, 6.07) is 17.6. The van der Waals surface area contributed by atoms with Gasteiger partial charge in [0.05, 0.1) is 13.1 Å². The van der Waals surface area contributed by atoms with Gasteiger partial charge in [0.15, 0.2) is 17.5 Å². The van der Waals surface area contributed by atoms with Crippen LogP contribution in [0.3, 0.4) is 0 Å². The first-order chi connectivity index (χ1) is 10.8. The van der Waals surface area contributed by atoms with Crippen LogP contribution in [-0.2, 0) is 6.54 Å². The zero-order valence-electron chi connectivity index (χ0n) is 12.2. The maximum absolute atomic E-state index is 5.88. The van der Waals surface area contributed by atoms with Crippen LogP contribution in [0.4, 0.5) is 0 Å². The third-order valence-corrected chi connectivity index (χ3v) is 3.35. The number of hydrogen-bond donors (Lipinski definition) is 2. The van der Waals surface area contributed by atoms with E-state index in [9.17, 15) is 0 Å². The lowest BCUT2D eigenvalue weighted by atomic mass is 10.2. The predicted molar refractivity (Wildman–Crippen MR) is 86.1 cm³/mol. The number of benzene rings is 2. The van der Waals surface area contributed by atoms with E-state index in [1.54, 1.807) is 0 Å². The van der Waals surface area contributed by atoms with Crippen LogP contribution in [-0.4, -0.2) is 25.2 Å². The second-order valence-electron chi connectivity index (χ2n) is 5.07. The maximum Gasteiger partial charge on any atom is 0.189 e. The average Bonchev–Trinajstić information content (AvgIpc) is 2.59. The Morgan fingerprint density at radius 2 is 1.82 bits per heavy atom. The molecule has 0 fully saturated rings. The van der Waals surface area contributed by atoms with E-state index in [0.29, 0.717) is 25.7 Å². The number of fused-ring (bicyclic) bond motifs is 1. The lowest BCUT2D eigenvalue weighted by Crippen LogP contribution is -2.43. The first-order valence-corrected chi connectivity index (χ1v) is 7.27. The van der Waals surface area contributed by atoms with Crippen LogP contribution in [0.1, 0.15) is 5.56 Å². The second-order valence-corrected chi connectivity index (χ2v) is 5.07. The zero-order chi connectivity index (χ0) is 15.2. The summed E-state index contributed by atoms with van der Waals surface area (Å²) in [5.41, 5.74) is 7.00. The van der Waals surface area contributed by atoms with Crippen LogP contribution < -0.4 is 20.5 Å². The van der Waals surface area contributed by atoms with Crippen molar-refractivity contribution in [2.45, 2.75) is 12.6 Å². The highest BCUT2D eigenvalue weighted by Crippen LogP contribution is 2.30. The van der Waals surface area contributed by atoms with Gasteiger partial charge in [0, 0.05) is 0 Å². The minimum Gasteiger partial charge on any atom is -0.486 e. The number of guanidine groups is 1. The zero-order valence-corrected chi connectivity index (χ0v) is 12.2. The summed E-state index contributed by atoms with van der Waals surface area (Å²) in [5.74, 6) is 1.95. The highest BCUT2D eigenvalue weighted by atomic mass is 16.6. The number of nitrogens with two attached hydrogens (primary N) is 1. The molecule has 3 rings (SSSR count). The number of ether oxygens (including phenoxy) is 2. The minimum absolute atomic E-state index is 0.0830. The molecule has 22 heavy (non-hydrogen) atoms. The standard InChI is InChI=1S/C17H19N3O2/c18-17(19-10-13-6-2-1-3-7-13)20-11-14-12-21-15-8-4-5-9-16(15)22-14/h1-9,14H,10-12H2,(H3,18,19,20)/t14-/m1/s1. The fourth-order valence-corrected chi connectivity index (χ4v) is 2.20. The van der Waals surface area contributed by atoms with Crippen molar-refractivity contribution < 1.29 is 9.47 Å². The summed E-state index contributed by atoms with van der Waals surface area (Å²) >= 11 is 0. The molecule has 0 spiro atoms. The molecule has 114 valence electrons. The van der Waals surface area contributed by atoms with Crippen LogP contribution in [0.15, 0.2) is 59.6 Å². The molecule has 0 radical (unpaired) electrons. The molecule has 1 atom stereocenters. The van der Waals surface area contributed by atoms with Gasteiger partial charge in [-0.25, -0.2) is 4.99 Å². The van der Waals surface area contributed by atoms with E-state index < -0.39 is 0 Å². The lowest BCUT2D eigenvalue weighted by Gasteiger charge is -2.26. The molecule has 0 bridgehead atoms. The first kappa shape index (κ1) is 14.3. The number of aliphatic imine (C=N–C) groups is 1. The van der Waals surface area contributed by atoms with Gasteiger partial charge in [-0.05, 0) is 17.7 Å². The fraction of sp³-hybridized carbons (Fsp3) is 0.235. The molecule has 0 unspecified atom stereocenters. The molecule has 5 nitrogen and oxygen atoms in total. The van der Waals surface area contributed by atoms with Gasteiger partial charge in [-0.1, -0.05) is 42.5 Å². The second kappa shape index (κ2) is 6.85. The van der Waals surface area contributed by atoms with Crippen molar-refractivity contribution in [3.63, 3.8) is 0 Å². The van der Waals surface area contributed by atoms with Crippen molar-refractivity contribution in [2.75, 3.05) is 13.2 Å². The summed E-state index contributed by atoms with van der Waals surface area (Å²) < 4.78 is 11.5. The Morgan fingerprint density at radius 3 is 2.64 bits per heavy atom. The van der Waals surface area contributed by atoms with E-state index in [-0.39, 0.29) is 6.10 Å². The minimum atomic E-state index is -0.0830. The molecule has 0 saturated carbocycles. The van der Waals surface area contributed by atoms with Crippen molar-refractivity contribution >= 4 is 5.96 Å². The molecule has 0 aliphatic carbocycles. The van der Waals surface area contributed by atoms with E-state index >= 15 is 0 Å². The van der Waals surface area contributed by atoms with Crippen LogP contribution >= 0.6 is 0 Å². The van der Waals surface area contributed by atoms with E-state index in [0.717, 1.165) is 17.1 Å². The normalized spacial score (nSPS) is 17.1. The maximum atomic E-state index is 5.88. The predicted octanol–water partition coefficient (Wildman–Crippen LogP) is 1.93. The Labute approximate surface area is 129 Å². The first-order valence-electron chi connectivity index (χ1n) is 7.27. The molecular weight excluding hydrogens is 278 g/mol. The molecule has 2 aromatic rings. The van der Waals surface area contributed by atoms with Gasteiger partial charge < -0.3 is 20.5 Å². The van der Waals surface area contributed by atoms with E-state index in [4.69, 9.17) is 15.2 Å². The van der Waals surface area contributed by atoms with Crippen molar-refractivity contribution in [3.05, 3.63) is 60.2 Å². The van der Waals surface area contributed by atoms with Gasteiger partial charge in [-0.15, -0.1) is 0 Å². The number of rotatable bonds is 4. The van der Waals surface area contributed by atoms with Crippen LogP contribution in [0.25, 0.3) is 0 Å². The summed E-state index contributed by atoms with van der Waals surface area (Å²) in [4.78, 5) is 4.31. The number of hydrogen-bond acceptors (Lipinski definition) is 3. The van der Waals surface area contributed by atoms with Gasteiger partial charge >= 0.3 is 0 Å². The Kier molecular flexibility index (Phi) is 4.44. The summed E-state index contributed by atoms with van der Waals surface area (Å²) in [6.45, 7) is 1.61. The average molecular weight is 297 g/mol. The van der Waals surface area contributed by atoms with Crippen LogP contribution in [0.2, 0.25) is 0 Å². The molecule has 0 saturated heterocycles. The number of nitrogens with one attached hydrogen (secondary N) is 1. The van der Waals surface area contributed by atoms with Crippen molar-refractivity contribution in [1.29, 1.82) is 0 Å². The van der Waals surface area contributed by atoms with Crippen molar-refractivity contribution in [3.8, 4) is 11.5 Å². The SMILES string of the molecule is NC(=NCc1ccccc1)NC[C@@H]1COc2ccccc2O1. The Bertz CT molecular complexity index is 643. The van der Waals surface area contributed by atoms with Crippen molar-refractivity contribution in [1.82, 2.24) is 5.32 Å². The number of nitrogens with zero attached hydrogens (tertiary/aromatic N) is 1. The monoisotopic (exact) mass is 297 g/mol. The quantitative estimate of drug-likeness (QED) is 0.668. The third kappa shape index (κ3) is 3.69. The molecule has 5 heteroatoms. The molecule has 1 aliphatic heterocycles. The Balaban J connectivity index is 1.48. The van der Waals surface area contributed by atoms with E-state index in [2.05, 4.69) is 10.3 Å². The highest BCUT2D eigenvalue weighted by molar-refractivity contribution is 5.77. The molecule has 3 N–H and O–H groups in total. The fourth-order valence-electron chi connectivity index (χ4n) is 2.20. The summed E-state index contributed by atoms with van der Waals surface area (Å²) in [5, 5.41) is 3.08. The molecule has 1 heterocycles. The van der Waals surface area contributed by atoms with Gasteiger partial charge in [0.2, 0.25) is 0 Å². The summed E-state index contributed by atoms with van der Waals surface area (Å²) in [6.07, 6.45) is -0.0830. The molecule has 1 aliphatic rings. The smallest absolute Gasteiger partial charge is 0.189 e. The Morgan fingerprint density at radius 1 is 1.09 bits per heavy atom. The number of para-hydroxylation sites is 2. The topological polar surface area (TPSA) is 68.9 Å². The lowest BCUT2D eigenvalue weighted by molar-refractivity contribution is 0.0937. The molecule has 0 aromatic heterocycles. The molecular formula is C17H19N3O2. The molecule has 0 amide bonds. The van der Waals surface area contributed by atoms with Gasteiger partial charge in [0.1, 0.15) is 12.7 Å². The van der Waals surface area contributed by atoms with Gasteiger partial charge in [-0.2, -0.15) is 0 Å². The van der Waals surface area contributed by atoms with Crippen LogP contribution in [0, 0.1) is 0 Å². The van der Waals surface area contributed by atoms with E-state index in [1.165, 1.54) is 0 Å². The third-order valence-electron chi connectivity index (χ3n) is 3.35. The summed E-state index contributed by atoms with van der Waals surface area (Å²) in [7, 11) is 0. The highest BCUT2D eigenvalue weighted by Gasteiger charge is 2.20.